The van der Waals surface area contributed by atoms with Crippen LogP contribution < -0.4 is 10.5 Å². The second kappa shape index (κ2) is 3.56. The first-order valence-electron chi connectivity index (χ1n) is 4.08. The number of oxazole rings is 1. The average molecular weight is 210 g/mol. The molecule has 0 aliphatic rings. The van der Waals surface area contributed by atoms with E-state index in [4.69, 9.17) is 4.74 Å². The van der Waals surface area contributed by atoms with E-state index in [9.17, 15) is 9.18 Å². The summed E-state index contributed by atoms with van der Waals surface area (Å²) in [5.41, 5.74) is 0.659. The molecule has 0 saturated heterocycles. The average Bonchev–Trinajstić information content (AvgIpc) is 2.65. The lowest BCUT2D eigenvalue weighted by molar-refractivity contribution is 0.397. The lowest BCUT2D eigenvalue weighted by Gasteiger charge is -2.03. The van der Waals surface area contributed by atoms with E-state index in [0.29, 0.717) is 11.3 Å². The molecule has 2 aromatic heterocycles. The molecular weight excluding hydrogens is 203 g/mol. The minimum absolute atomic E-state index is 0.216. The Labute approximate surface area is 83.5 Å². The number of H-pyrrole nitrogens is 1. The van der Waals surface area contributed by atoms with Crippen LogP contribution in [0.4, 0.5) is 4.39 Å². The second-order valence-corrected chi connectivity index (χ2v) is 2.77. The lowest BCUT2D eigenvalue weighted by Crippen LogP contribution is -1.97. The molecule has 0 aliphatic carbocycles. The predicted molar refractivity (Wildman–Crippen MR) is 49.1 cm³/mol. The van der Waals surface area contributed by atoms with Gasteiger partial charge in [-0.1, -0.05) is 0 Å². The monoisotopic (exact) mass is 210 g/mol. The first-order valence-corrected chi connectivity index (χ1v) is 4.08. The van der Waals surface area contributed by atoms with Crippen LogP contribution in [0.25, 0.3) is 11.3 Å². The molecule has 0 aromatic carbocycles. The van der Waals surface area contributed by atoms with E-state index in [-0.39, 0.29) is 5.88 Å². The van der Waals surface area contributed by atoms with Gasteiger partial charge in [0.15, 0.2) is 0 Å². The third-order valence-electron chi connectivity index (χ3n) is 1.82. The number of aromatic nitrogens is 2. The lowest BCUT2D eigenvalue weighted by atomic mass is 10.2. The molecule has 2 heterocycles. The van der Waals surface area contributed by atoms with Crippen LogP contribution in [0.3, 0.4) is 0 Å². The molecule has 0 fully saturated rings. The summed E-state index contributed by atoms with van der Waals surface area (Å²) in [7, 11) is 1.40. The van der Waals surface area contributed by atoms with Crippen LogP contribution in [0.1, 0.15) is 0 Å². The van der Waals surface area contributed by atoms with E-state index in [1.807, 2.05) is 0 Å². The molecule has 0 amide bonds. The fourth-order valence-electron chi connectivity index (χ4n) is 1.19. The molecule has 5 nitrogen and oxygen atoms in total. The van der Waals surface area contributed by atoms with Crippen molar-refractivity contribution in [2.75, 3.05) is 7.11 Å². The molecule has 15 heavy (non-hydrogen) atoms. The summed E-state index contributed by atoms with van der Waals surface area (Å²) in [4.78, 5) is 16.9. The van der Waals surface area contributed by atoms with Crippen molar-refractivity contribution in [1.29, 1.82) is 0 Å². The molecule has 6 heteroatoms. The molecule has 0 bridgehead atoms. The third-order valence-corrected chi connectivity index (χ3v) is 1.82. The van der Waals surface area contributed by atoms with Gasteiger partial charge in [-0.05, 0) is 6.07 Å². The van der Waals surface area contributed by atoms with Crippen molar-refractivity contribution in [1.82, 2.24) is 9.97 Å². The topological polar surface area (TPSA) is 68.1 Å². The number of pyridine rings is 1. The molecule has 0 aliphatic heterocycles. The van der Waals surface area contributed by atoms with Gasteiger partial charge >= 0.3 is 5.76 Å². The third kappa shape index (κ3) is 1.74. The van der Waals surface area contributed by atoms with Crippen LogP contribution in [0, 0.1) is 5.82 Å². The number of hydrogen-bond acceptors (Lipinski definition) is 4. The van der Waals surface area contributed by atoms with Crippen molar-refractivity contribution >= 4 is 0 Å². The largest absolute Gasteiger partial charge is 0.481 e. The zero-order valence-corrected chi connectivity index (χ0v) is 7.78. The van der Waals surface area contributed by atoms with Crippen LogP contribution in [0.15, 0.2) is 27.7 Å². The number of nitrogens with one attached hydrogen (secondary N) is 1. The Kier molecular flexibility index (Phi) is 2.24. The fourth-order valence-corrected chi connectivity index (χ4v) is 1.19. The van der Waals surface area contributed by atoms with Gasteiger partial charge in [0.05, 0.1) is 24.6 Å². The molecular formula is C9H7FN2O3. The Morgan fingerprint density at radius 3 is 3.00 bits per heavy atom. The van der Waals surface area contributed by atoms with E-state index in [2.05, 4.69) is 14.4 Å². The highest BCUT2D eigenvalue weighted by atomic mass is 19.1. The number of halogens is 1. The Bertz CT molecular complexity index is 532. The van der Waals surface area contributed by atoms with Gasteiger partial charge in [-0.2, -0.15) is 0 Å². The summed E-state index contributed by atoms with van der Waals surface area (Å²) < 4.78 is 22.4. The number of hydrogen-bond donors (Lipinski definition) is 1. The maximum Gasteiger partial charge on any atom is 0.416 e. The van der Waals surface area contributed by atoms with E-state index in [1.54, 1.807) is 0 Å². The first kappa shape index (κ1) is 9.45. The minimum atomic E-state index is -0.615. The highest BCUT2D eigenvalue weighted by molar-refractivity contribution is 5.63. The Morgan fingerprint density at radius 2 is 2.40 bits per heavy atom. The van der Waals surface area contributed by atoms with Gasteiger partial charge in [0.25, 0.3) is 0 Å². The van der Waals surface area contributed by atoms with Crippen molar-refractivity contribution in [3.63, 3.8) is 0 Å². The zero-order valence-electron chi connectivity index (χ0n) is 7.78. The van der Waals surface area contributed by atoms with E-state index in [0.717, 1.165) is 6.20 Å². The summed E-state index contributed by atoms with van der Waals surface area (Å²) >= 11 is 0. The number of nitrogens with zero attached hydrogens (tertiary/aromatic N) is 1. The number of ether oxygens (including phenoxy) is 1. The van der Waals surface area contributed by atoms with Crippen LogP contribution in [0.2, 0.25) is 0 Å². The van der Waals surface area contributed by atoms with Crippen LogP contribution >= 0.6 is 0 Å². The first-order chi connectivity index (χ1) is 7.20. The number of rotatable bonds is 2. The highest BCUT2D eigenvalue weighted by Gasteiger charge is 2.11. The van der Waals surface area contributed by atoms with Crippen molar-refractivity contribution < 1.29 is 13.5 Å². The number of methoxy groups -OCH3 is 1. The van der Waals surface area contributed by atoms with Gasteiger partial charge in [-0.25, -0.2) is 14.2 Å². The van der Waals surface area contributed by atoms with Crippen LogP contribution in [-0.4, -0.2) is 17.1 Å². The van der Waals surface area contributed by atoms with Gasteiger partial charge in [-0.3, -0.25) is 4.98 Å². The smallest absolute Gasteiger partial charge is 0.416 e. The maximum atomic E-state index is 12.9. The summed E-state index contributed by atoms with van der Waals surface area (Å²) in [5, 5.41) is 0. The molecule has 0 radical (unpaired) electrons. The van der Waals surface area contributed by atoms with Crippen molar-refractivity contribution in [2.45, 2.75) is 0 Å². The standard InChI is InChI=1S/C9H7FN2O3/c1-14-8-6(2-5(10)3-11-8)7-4-15-9(13)12-7/h2-4H,1H3,(H,12,13). The van der Waals surface area contributed by atoms with E-state index in [1.165, 1.54) is 19.4 Å². The second-order valence-electron chi connectivity index (χ2n) is 2.77. The summed E-state index contributed by atoms with van der Waals surface area (Å²) in [6, 6.07) is 1.20. The van der Waals surface area contributed by atoms with Crippen molar-refractivity contribution in [3.8, 4) is 17.1 Å². The van der Waals surface area contributed by atoms with Gasteiger partial charge in [0, 0.05) is 0 Å². The molecule has 78 valence electrons. The molecule has 2 aromatic rings. The normalized spacial score (nSPS) is 10.3. The van der Waals surface area contributed by atoms with Gasteiger partial charge in [0.1, 0.15) is 12.1 Å². The molecule has 0 unspecified atom stereocenters. The summed E-state index contributed by atoms with van der Waals surface area (Å²) in [5.74, 6) is -0.919. The SMILES string of the molecule is COc1ncc(F)cc1-c1coc(=O)[nH]1. The van der Waals surface area contributed by atoms with Gasteiger partial charge in [-0.15, -0.1) is 0 Å². The molecule has 0 atom stereocenters. The molecule has 0 saturated carbocycles. The predicted octanol–water partition coefficient (Wildman–Crippen LogP) is 1.18. The molecule has 1 N–H and O–H groups in total. The molecule has 0 spiro atoms. The van der Waals surface area contributed by atoms with Gasteiger partial charge in [0.2, 0.25) is 5.88 Å². The summed E-state index contributed by atoms with van der Waals surface area (Å²) in [6.45, 7) is 0. The molecule has 2 rings (SSSR count). The quantitative estimate of drug-likeness (QED) is 0.808. The van der Waals surface area contributed by atoms with Crippen LogP contribution in [-0.2, 0) is 0 Å². The fraction of sp³-hybridized carbons (Fsp3) is 0.111. The van der Waals surface area contributed by atoms with Crippen molar-refractivity contribution in [2.24, 2.45) is 0 Å². The Morgan fingerprint density at radius 1 is 1.60 bits per heavy atom. The minimum Gasteiger partial charge on any atom is -0.481 e. The van der Waals surface area contributed by atoms with E-state index >= 15 is 0 Å². The van der Waals surface area contributed by atoms with Gasteiger partial charge < -0.3 is 9.15 Å². The highest BCUT2D eigenvalue weighted by Crippen LogP contribution is 2.25. The number of aromatic amines is 1. The Balaban J connectivity index is 2.59. The van der Waals surface area contributed by atoms with Crippen LogP contribution in [0.5, 0.6) is 5.88 Å². The van der Waals surface area contributed by atoms with Crippen molar-refractivity contribution in [3.05, 3.63) is 34.9 Å². The summed E-state index contributed by atoms with van der Waals surface area (Å²) in [6.07, 6.45) is 2.21. The Hall–Kier alpha value is -2.11. The maximum absolute atomic E-state index is 12.9. The van der Waals surface area contributed by atoms with E-state index < -0.39 is 11.6 Å². The zero-order chi connectivity index (χ0) is 10.8.